The van der Waals surface area contributed by atoms with Crippen molar-refractivity contribution >= 4 is 88.2 Å². The minimum Gasteiger partial charge on any atom is -0.310 e. The Morgan fingerprint density at radius 3 is 1.64 bits per heavy atom. The Labute approximate surface area is 361 Å². The van der Waals surface area contributed by atoms with Gasteiger partial charge in [-0.15, -0.1) is 11.3 Å². The molecule has 11 aromatic rings. The van der Waals surface area contributed by atoms with Crippen LogP contribution in [0.5, 0.6) is 0 Å². The van der Waals surface area contributed by atoms with E-state index in [4.69, 9.17) is 0 Å². The van der Waals surface area contributed by atoms with Gasteiger partial charge in [0.2, 0.25) is 0 Å². The maximum atomic E-state index is 2.55. The fraction of sp³-hybridized carbons (Fsp3) is 0. The van der Waals surface area contributed by atoms with E-state index in [2.05, 4.69) is 241 Å². The zero-order chi connectivity index (χ0) is 40.3. The summed E-state index contributed by atoms with van der Waals surface area (Å²) < 4.78 is 2.71. The molecule has 10 aromatic carbocycles. The van der Waals surface area contributed by atoms with Crippen LogP contribution in [0.15, 0.2) is 237 Å². The van der Waals surface area contributed by atoms with Gasteiger partial charge in [-0.05, 0) is 113 Å². The van der Waals surface area contributed by atoms with Crippen LogP contribution in [0.1, 0.15) is 0 Å². The first-order valence-corrected chi connectivity index (χ1v) is 23.8. The third kappa shape index (κ3) is 5.73. The van der Waals surface area contributed by atoms with Crippen LogP contribution in [0.25, 0.3) is 64.3 Å². The second kappa shape index (κ2) is 14.5. The average molecular weight is 810 g/mol. The van der Waals surface area contributed by atoms with Crippen LogP contribution in [0.2, 0.25) is 0 Å². The van der Waals surface area contributed by atoms with E-state index >= 15 is 0 Å². The van der Waals surface area contributed by atoms with Crippen molar-refractivity contribution in [2.45, 2.75) is 0 Å². The third-order valence-electron chi connectivity index (χ3n) is 12.7. The predicted molar refractivity (Wildman–Crippen MR) is 265 cm³/mol. The molecular weight excluding hydrogens is 771 g/mol. The monoisotopic (exact) mass is 809 g/mol. The number of nitrogens with zero attached hydrogens (tertiary/aromatic N) is 1. The van der Waals surface area contributed by atoms with Crippen molar-refractivity contribution in [3.05, 3.63) is 237 Å². The Bertz CT molecular complexity index is 3390. The van der Waals surface area contributed by atoms with Gasteiger partial charge in [-0.1, -0.05) is 188 Å². The topological polar surface area (TPSA) is 3.24 Å². The smallest absolute Gasteiger partial charge is 0.181 e. The quantitative estimate of drug-likeness (QED) is 0.145. The van der Waals surface area contributed by atoms with Gasteiger partial charge in [0.05, 0.1) is 0 Å². The second-order valence-corrected chi connectivity index (χ2v) is 20.8. The normalized spacial score (nSPS) is 12.7. The number of hydrogen-bond acceptors (Lipinski definition) is 2. The second-order valence-electron chi connectivity index (χ2n) is 16.0. The molecule has 1 nitrogen and oxygen atoms in total. The highest BCUT2D eigenvalue weighted by atomic mass is 32.1. The standard InChI is InChI=1S/C58H39NSSi/c1-4-16-40(17-5-1)43-20-14-22-46(37-43)59(47-23-15-21-44(38-47)45-31-30-41-18-10-11-19-42(41)36-45)48-32-33-53-56(39-48)61(49-24-6-2-7-25-49,50-26-8-3-9-27-50)55-35-34-52-51-28-12-13-29-54(51)60-58(52)57(53)55/h1-39H. The van der Waals surface area contributed by atoms with Crippen LogP contribution in [0, 0.1) is 0 Å². The van der Waals surface area contributed by atoms with Crippen LogP contribution in [0.3, 0.4) is 0 Å². The lowest BCUT2D eigenvalue weighted by molar-refractivity contribution is 1.29. The fourth-order valence-electron chi connectivity index (χ4n) is 9.97. The summed E-state index contributed by atoms with van der Waals surface area (Å²) in [6, 6.07) is 88.2. The number of rotatable bonds is 7. The number of hydrogen-bond donors (Lipinski definition) is 0. The van der Waals surface area contributed by atoms with E-state index in [0.29, 0.717) is 0 Å². The molecule has 0 unspecified atom stereocenters. The largest absolute Gasteiger partial charge is 0.310 e. The zero-order valence-electron chi connectivity index (χ0n) is 33.4. The molecule has 0 fully saturated rings. The SMILES string of the molecule is c1ccc(-c2cccc(N(c3cccc(-c4ccc5ccccc5c4)c3)c3ccc4c(c3)[Si](c3ccccc3)(c3ccccc3)c3ccc5c(sc6ccccc65)c3-4)c2)cc1. The molecule has 0 saturated carbocycles. The van der Waals surface area contributed by atoms with Crippen molar-refractivity contribution in [2.24, 2.45) is 0 Å². The molecule has 12 rings (SSSR count). The van der Waals surface area contributed by atoms with Gasteiger partial charge in [0, 0.05) is 37.2 Å². The van der Waals surface area contributed by atoms with Crippen LogP contribution in [-0.2, 0) is 0 Å². The summed E-state index contributed by atoms with van der Waals surface area (Å²) >= 11 is 1.94. The Balaban J connectivity index is 1.13. The van der Waals surface area contributed by atoms with Crippen molar-refractivity contribution in [3.63, 3.8) is 0 Å². The lowest BCUT2D eigenvalue weighted by atomic mass is 9.99. The minimum absolute atomic E-state index is 1.12. The minimum atomic E-state index is -2.84. The Kier molecular flexibility index (Phi) is 8.44. The Hall–Kier alpha value is -7.30. The first-order chi connectivity index (χ1) is 30.2. The maximum Gasteiger partial charge on any atom is 0.181 e. The van der Waals surface area contributed by atoms with Gasteiger partial charge in [-0.25, -0.2) is 0 Å². The molecular formula is C58H39NSSi. The highest BCUT2D eigenvalue weighted by molar-refractivity contribution is 7.28. The lowest BCUT2D eigenvalue weighted by Crippen LogP contribution is -2.72. The molecule has 3 heteroatoms. The van der Waals surface area contributed by atoms with Crippen molar-refractivity contribution in [1.82, 2.24) is 0 Å². The molecule has 61 heavy (non-hydrogen) atoms. The van der Waals surface area contributed by atoms with Crippen molar-refractivity contribution < 1.29 is 0 Å². The first-order valence-electron chi connectivity index (χ1n) is 21.0. The van der Waals surface area contributed by atoms with Gasteiger partial charge in [0.1, 0.15) is 0 Å². The third-order valence-corrected chi connectivity index (χ3v) is 18.7. The number of fused-ring (bicyclic) bond motifs is 8. The van der Waals surface area contributed by atoms with Gasteiger partial charge < -0.3 is 4.90 Å². The fourth-order valence-corrected chi connectivity index (χ4v) is 16.5. The maximum absolute atomic E-state index is 2.84. The van der Waals surface area contributed by atoms with E-state index in [9.17, 15) is 0 Å². The highest BCUT2D eigenvalue weighted by Crippen LogP contribution is 2.45. The zero-order valence-corrected chi connectivity index (χ0v) is 35.2. The van der Waals surface area contributed by atoms with Gasteiger partial charge >= 0.3 is 0 Å². The summed E-state index contributed by atoms with van der Waals surface area (Å²) in [5.74, 6) is 0. The van der Waals surface area contributed by atoms with Crippen molar-refractivity contribution in [2.75, 3.05) is 4.90 Å². The summed E-state index contributed by atoms with van der Waals surface area (Å²) in [7, 11) is -2.84. The highest BCUT2D eigenvalue weighted by Gasteiger charge is 2.49. The Morgan fingerprint density at radius 1 is 0.344 bits per heavy atom. The molecule has 286 valence electrons. The molecule has 0 radical (unpaired) electrons. The van der Waals surface area contributed by atoms with Crippen LogP contribution < -0.4 is 25.6 Å². The molecule has 1 aromatic heterocycles. The van der Waals surface area contributed by atoms with Crippen molar-refractivity contribution in [1.29, 1.82) is 0 Å². The van der Waals surface area contributed by atoms with E-state index in [0.717, 1.165) is 17.1 Å². The summed E-state index contributed by atoms with van der Waals surface area (Å²) in [4.78, 5) is 2.48. The number of benzene rings is 10. The Morgan fingerprint density at radius 2 is 0.918 bits per heavy atom. The van der Waals surface area contributed by atoms with Gasteiger partial charge in [0.15, 0.2) is 8.07 Å². The molecule has 0 bridgehead atoms. The van der Waals surface area contributed by atoms with Crippen LogP contribution >= 0.6 is 11.3 Å². The van der Waals surface area contributed by atoms with E-state index in [1.807, 2.05) is 11.3 Å². The molecule has 0 atom stereocenters. The molecule has 2 heterocycles. The molecule has 0 saturated heterocycles. The van der Waals surface area contributed by atoms with Crippen molar-refractivity contribution in [3.8, 4) is 33.4 Å². The van der Waals surface area contributed by atoms with Crippen LogP contribution in [0.4, 0.5) is 17.1 Å². The summed E-state index contributed by atoms with van der Waals surface area (Å²) in [5.41, 5.74) is 10.9. The molecule has 0 N–H and O–H groups in total. The van der Waals surface area contributed by atoms with E-state index < -0.39 is 8.07 Å². The van der Waals surface area contributed by atoms with E-state index in [1.165, 1.54) is 85.1 Å². The summed E-state index contributed by atoms with van der Waals surface area (Å²) in [5, 5.41) is 10.8. The predicted octanol–water partition coefficient (Wildman–Crippen LogP) is 13.4. The molecule has 0 amide bonds. The van der Waals surface area contributed by atoms with Gasteiger partial charge in [-0.2, -0.15) is 0 Å². The summed E-state index contributed by atoms with van der Waals surface area (Å²) in [6.45, 7) is 0. The number of anilines is 3. The first kappa shape index (κ1) is 35.6. The molecule has 1 aliphatic heterocycles. The van der Waals surface area contributed by atoms with Gasteiger partial charge in [-0.3, -0.25) is 0 Å². The van der Waals surface area contributed by atoms with Gasteiger partial charge in [0.25, 0.3) is 0 Å². The van der Waals surface area contributed by atoms with E-state index in [1.54, 1.807) is 0 Å². The number of thiophene rings is 1. The van der Waals surface area contributed by atoms with Crippen LogP contribution in [-0.4, -0.2) is 8.07 Å². The van der Waals surface area contributed by atoms with E-state index in [-0.39, 0.29) is 0 Å². The summed E-state index contributed by atoms with van der Waals surface area (Å²) in [6.07, 6.45) is 0. The molecule has 0 aliphatic carbocycles. The lowest BCUT2D eigenvalue weighted by Gasteiger charge is -2.33. The molecule has 0 spiro atoms. The molecule has 1 aliphatic rings. The average Bonchev–Trinajstić information content (AvgIpc) is 3.86.